The molecule has 4 nitrogen and oxygen atoms in total. The number of pyridine rings is 1. The lowest BCUT2D eigenvalue weighted by Crippen LogP contribution is -2.21. The van der Waals surface area contributed by atoms with E-state index in [1.807, 2.05) is 6.07 Å². The lowest BCUT2D eigenvalue weighted by Gasteiger charge is -2.17. The predicted octanol–water partition coefficient (Wildman–Crippen LogP) is 4.02. The fraction of sp³-hybridized carbons (Fsp3) is 0.294. The van der Waals surface area contributed by atoms with Crippen molar-refractivity contribution in [1.82, 2.24) is 4.98 Å². The van der Waals surface area contributed by atoms with Crippen molar-refractivity contribution in [1.29, 1.82) is 0 Å². The minimum absolute atomic E-state index is 0.558. The normalized spacial score (nSPS) is 10.1. The number of nitrogens with one attached hydrogen (secondary N) is 2. The summed E-state index contributed by atoms with van der Waals surface area (Å²) in [4.78, 5) is 4.15. The number of hydrogen-bond acceptors (Lipinski definition) is 3. The smallest absolute Gasteiger partial charge is 0.213 e. The molecule has 0 radical (unpaired) electrons. The average Bonchev–Trinajstić information content (AvgIpc) is 2.55. The summed E-state index contributed by atoms with van der Waals surface area (Å²) >= 11 is 5.41. The fourth-order valence-electron chi connectivity index (χ4n) is 2.25. The fourth-order valence-corrected chi connectivity index (χ4v) is 2.47. The Morgan fingerprint density at radius 2 is 1.77 bits per heavy atom. The number of aromatic nitrogens is 1. The number of anilines is 2. The third-order valence-corrected chi connectivity index (χ3v) is 3.64. The monoisotopic (exact) mass is 315 g/mol. The number of thiocarbonyl (C=S) groups is 1. The van der Waals surface area contributed by atoms with Gasteiger partial charge in [-0.25, -0.2) is 4.98 Å². The lowest BCUT2D eigenvalue weighted by molar-refractivity contribution is 0.398. The molecule has 0 atom stereocenters. The van der Waals surface area contributed by atoms with E-state index in [1.165, 1.54) is 11.1 Å². The maximum atomic E-state index is 5.41. The summed E-state index contributed by atoms with van der Waals surface area (Å²) in [7, 11) is 1.59. The van der Waals surface area contributed by atoms with E-state index in [-0.39, 0.29) is 0 Å². The van der Waals surface area contributed by atoms with Gasteiger partial charge in [-0.1, -0.05) is 32.0 Å². The van der Waals surface area contributed by atoms with Gasteiger partial charge in [0.15, 0.2) is 5.11 Å². The van der Waals surface area contributed by atoms with Crippen molar-refractivity contribution in [3.8, 4) is 5.88 Å². The van der Waals surface area contributed by atoms with Crippen molar-refractivity contribution in [3.05, 3.63) is 47.7 Å². The Bertz CT molecular complexity index is 619. The minimum Gasteiger partial charge on any atom is -0.481 e. The van der Waals surface area contributed by atoms with Crippen LogP contribution in [0.15, 0.2) is 36.5 Å². The van der Waals surface area contributed by atoms with E-state index in [1.54, 1.807) is 19.4 Å². The van der Waals surface area contributed by atoms with Crippen LogP contribution in [0.5, 0.6) is 5.88 Å². The van der Waals surface area contributed by atoms with Crippen molar-refractivity contribution in [2.45, 2.75) is 26.7 Å². The van der Waals surface area contributed by atoms with E-state index < -0.39 is 0 Å². The summed E-state index contributed by atoms with van der Waals surface area (Å²) in [5, 5.41) is 7.02. The third-order valence-electron chi connectivity index (χ3n) is 3.44. The first-order chi connectivity index (χ1) is 10.7. The first kappa shape index (κ1) is 16.2. The second-order valence-corrected chi connectivity index (χ2v) is 5.23. The van der Waals surface area contributed by atoms with Crippen LogP contribution in [0.25, 0.3) is 0 Å². The van der Waals surface area contributed by atoms with Gasteiger partial charge in [-0.15, -0.1) is 0 Å². The summed E-state index contributed by atoms with van der Waals surface area (Å²) < 4.78 is 5.04. The average molecular weight is 315 g/mol. The number of nitrogens with zero attached hydrogens (tertiary/aromatic N) is 1. The summed E-state index contributed by atoms with van der Waals surface area (Å²) in [6.45, 7) is 4.29. The summed E-state index contributed by atoms with van der Waals surface area (Å²) in [6.07, 6.45) is 3.62. The van der Waals surface area contributed by atoms with Gasteiger partial charge in [0.05, 0.1) is 19.0 Å². The Kier molecular flexibility index (Phi) is 5.72. The number of ether oxygens (including phenoxy) is 1. The van der Waals surface area contributed by atoms with Crippen LogP contribution < -0.4 is 15.4 Å². The van der Waals surface area contributed by atoms with E-state index in [0.29, 0.717) is 11.0 Å². The van der Waals surface area contributed by atoms with Crippen LogP contribution in [0.3, 0.4) is 0 Å². The zero-order valence-corrected chi connectivity index (χ0v) is 14.0. The molecule has 2 N–H and O–H groups in total. The number of hydrogen-bond donors (Lipinski definition) is 2. The summed E-state index contributed by atoms with van der Waals surface area (Å²) in [5.74, 6) is 0.578. The highest BCUT2D eigenvalue weighted by atomic mass is 32.1. The van der Waals surface area contributed by atoms with Crippen molar-refractivity contribution < 1.29 is 4.74 Å². The Balaban J connectivity index is 2.11. The second-order valence-electron chi connectivity index (χ2n) is 4.83. The van der Waals surface area contributed by atoms with Crippen LogP contribution >= 0.6 is 12.2 Å². The topological polar surface area (TPSA) is 46.2 Å². The molecule has 0 aliphatic heterocycles. The standard InChI is InChI=1S/C17H21N3OS/c1-4-12-7-6-8-13(5-2)16(12)20-17(22)19-14-9-10-15(21-3)18-11-14/h6-11H,4-5H2,1-3H3,(H2,19,20,22). The Hall–Kier alpha value is -2.14. The Morgan fingerprint density at radius 3 is 2.27 bits per heavy atom. The number of methoxy groups -OCH3 is 1. The zero-order chi connectivity index (χ0) is 15.9. The molecule has 0 aliphatic rings. The van der Waals surface area contributed by atoms with E-state index in [0.717, 1.165) is 24.2 Å². The van der Waals surface area contributed by atoms with E-state index >= 15 is 0 Å². The van der Waals surface area contributed by atoms with Gasteiger partial charge in [0.2, 0.25) is 5.88 Å². The van der Waals surface area contributed by atoms with Crippen molar-refractivity contribution >= 4 is 28.7 Å². The largest absolute Gasteiger partial charge is 0.481 e. The van der Waals surface area contributed by atoms with Gasteiger partial charge >= 0.3 is 0 Å². The molecule has 0 fully saturated rings. The van der Waals surface area contributed by atoms with Gasteiger partial charge in [-0.3, -0.25) is 0 Å². The molecule has 1 aromatic heterocycles. The van der Waals surface area contributed by atoms with Crippen LogP contribution in [-0.2, 0) is 12.8 Å². The van der Waals surface area contributed by atoms with Crippen LogP contribution in [-0.4, -0.2) is 17.2 Å². The third kappa shape index (κ3) is 3.95. The lowest BCUT2D eigenvalue weighted by atomic mass is 10.0. The molecular weight excluding hydrogens is 294 g/mol. The highest BCUT2D eigenvalue weighted by Crippen LogP contribution is 2.23. The SMILES string of the molecule is CCc1cccc(CC)c1NC(=S)Nc1ccc(OC)nc1. The van der Waals surface area contributed by atoms with Crippen molar-refractivity contribution in [3.63, 3.8) is 0 Å². The number of para-hydroxylation sites is 1. The number of rotatable bonds is 5. The molecular formula is C17H21N3OS. The van der Waals surface area contributed by atoms with Crippen LogP contribution in [0.1, 0.15) is 25.0 Å². The van der Waals surface area contributed by atoms with Crippen LogP contribution in [0.2, 0.25) is 0 Å². The second kappa shape index (κ2) is 7.75. The van der Waals surface area contributed by atoms with Crippen LogP contribution in [0.4, 0.5) is 11.4 Å². The number of benzene rings is 1. The highest BCUT2D eigenvalue weighted by molar-refractivity contribution is 7.80. The van der Waals surface area contributed by atoms with Gasteiger partial charge in [-0.2, -0.15) is 0 Å². The molecule has 1 aromatic carbocycles. The van der Waals surface area contributed by atoms with E-state index in [9.17, 15) is 0 Å². The van der Waals surface area contributed by atoms with E-state index in [2.05, 4.69) is 47.7 Å². The minimum atomic E-state index is 0.558. The predicted molar refractivity (Wildman–Crippen MR) is 95.8 cm³/mol. The molecule has 5 heteroatoms. The molecule has 116 valence electrons. The van der Waals surface area contributed by atoms with Crippen molar-refractivity contribution in [2.24, 2.45) is 0 Å². The first-order valence-corrected chi connectivity index (χ1v) is 7.77. The molecule has 0 aliphatic carbocycles. The zero-order valence-electron chi connectivity index (χ0n) is 13.1. The van der Waals surface area contributed by atoms with Gasteiger partial charge < -0.3 is 15.4 Å². The Morgan fingerprint density at radius 1 is 1.09 bits per heavy atom. The van der Waals surface area contributed by atoms with Gasteiger partial charge in [0.1, 0.15) is 0 Å². The highest BCUT2D eigenvalue weighted by Gasteiger charge is 2.08. The maximum absolute atomic E-state index is 5.41. The molecule has 2 rings (SSSR count). The maximum Gasteiger partial charge on any atom is 0.213 e. The molecule has 0 spiro atoms. The molecule has 22 heavy (non-hydrogen) atoms. The van der Waals surface area contributed by atoms with Gasteiger partial charge in [0, 0.05) is 11.8 Å². The molecule has 0 saturated heterocycles. The van der Waals surface area contributed by atoms with Crippen LogP contribution in [0, 0.1) is 0 Å². The molecule has 0 bridgehead atoms. The molecule has 0 saturated carbocycles. The summed E-state index contributed by atoms with van der Waals surface area (Å²) in [6, 6.07) is 10.0. The quantitative estimate of drug-likeness (QED) is 0.816. The Labute approximate surface area is 136 Å². The van der Waals surface area contributed by atoms with Gasteiger partial charge in [0.25, 0.3) is 0 Å². The molecule has 0 amide bonds. The van der Waals surface area contributed by atoms with Crippen molar-refractivity contribution in [2.75, 3.05) is 17.7 Å². The van der Waals surface area contributed by atoms with Gasteiger partial charge in [-0.05, 0) is 42.3 Å². The number of aryl methyl sites for hydroxylation is 2. The molecule has 1 heterocycles. The molecule has 2 aromatic rings. The summed E-state index contributed by atoms with van der Waals surface area (Å²) in [5.41, 5.74) is 4.45. The first-order valence-electron chi connectivity index (χ1n) is 7.36. The molecule has 0 unspecified atom stereocenters. The van der Waals surface area contributed by atoms with E-state index in [4.69, 9.17) is 17.0 Å².